The lowest BCUT2D eigenvalue weighted by Gasteiger charge is -2.11. The van der Waals surface area contributed by atoms with Crippen molar-refractivity contribution in [1.82, 2.24) is 5.16 Å². The van der Waals surface area contributed by atoms with Crippen molar-refractivity contribution in [2.75, 3.05) is 12.4 Å². The molecule has 6 nitrogen and oxygen atoms in total. The molecule has 0 unspecified atom stereocenters. The smallest absolute Gasteiger partial charge is 0.341 e. The third-order valence-electron chi connectivity index (χ3n) is 6.10. The van der Waals surface area contributed by atoms with E-state index in [1.165, 1.54) is 24.0 Å². The lowest BCUT2D eigenvalue weighted by Crippen LogP contribution is -2.15. The summed E-state index contributed by atoms with van der Waals surface area (Å²) in [7, 11) is 1.31. The molecule has 0 radical (unpaired) electrons. The van der Waals surface area contributed by atoms with Crippen LogP contribution in [0.5, 0.6) is 0 Å². The molecule has 9 heteroatoms. The molecule has 1 atom stereocenters. The van der Waals surface area contributed by atoms with Crippen molar-refractivity contribution in [2.45, 2.75) is 33.1 Å². The summed E-state index contributed by atoms with van der Waals surface area (Å²) < 4.78 is 10.4. The van der Waals surface area contributed by atoms with Crippen molar-refractivity contribution >= 4 is 51.4 Å². The Bertz CT molecular complexity index is 1410. The number of carbonyl (C=O) groups excluding carboxylic acids is 2. The average molecular weight is 543 g/mol. The maximum absolute atomic E-state index is 13.4. The van der Waals surface area contributed by atoms with Gasteiger partial charge in [-0.15, -0.1) is 11.3 Å². The van der Waals surface area contributed by atoms with Crippen molar-refractivity contribution in [3.8, 4) is 22.4 Å². The molecule has 0 aliphatic heterocycles. The molecule has 0 aliphatic rings. The number of aromatic nitrogens is 1. The molecule has 0 aliphatic carbocycles. The van der Waals surface area contributed by atoms with E-state index in [9.17, 15) is 9.59 Å². The highest BCUT2D eigenvalue weighted by atomic mass is 35.5. The zero-order valence-corrected chi connectivity index (χ0v) is 22.5. The Balaban J connectivity index is 1.72. The van der Waals surface area contributed by atoms with E-state index in [2.05, 4.69) is 36.5 Å². The van der Waals surface area contributed by atoms with E-state index >= 15 is 0 Å². The van der Waals surface area contributed by atoms with Crippen LogP contribution in [-0.2, 0) is 4.74 Å². The number of carbonyl (C=O) groups is 2. The normalized spacial score (nSPS) is 11.8. The van der Waals surface area contributed by atoms with Gasteiger partial charge in [0.2, 0.25) is 0 Å². The Morgan fingerprint density at radius 2 is 1.78 bits per heavy atom. The number of hydrogen-bond acceptors (Lipinski definition) is 6. The zero-order chi connectivity index (χ0) is 26.0. The second-order valence-electron chi connectivity index (χ2n) is 8.29. The van der Waals surface area contributed by atoms with E-state index in [1.807, 2.05) is 17.5 Å². The second-order valence-corrected chi connectivity index (χ2v) is 9.98. The van der Waals surface area contributed by atoms with Crippen LogP contribution in [0.2, 0.25) is 10.0 Å². The molecule has 0 saturated carbocycles. The van der Waals surface area contributed by atoms with Crippen LogP contribution in [0.3, 0.4) is 0 Å². The van der Waals surface area contributed by atoms with Crippen molar-refractivity contribution in [1.29, 1.82) is 0 Å². The number of esters is 1. The molecule has 36 heavy (non-hydrogen) atoms. The van der Waals surface area contributed by atoms with Crippen LogP contribution in [0.15, 0.2) is 52.4 Å². The lowest BCUT2D eigenvalue weighted by atomic mass is 9.95. The number of rotatable bonds is 7. The first-order chi connectivity index (χ1) is 17.3. The number of anilines is 1. The van der Waals surface area contributed by atoms with Gasteiger partial charge in [-0.1, -0.05) is 72.5 Å². The van der Waals surface area contributed by atoms with Gasteiger partial charge in [0.25, 0.3) is 5.91 Å². The summed E-state index contributed by atoms with van der Waals surface area (Å²) in [6.45, 7) is 5.93. The first-order valence-electron chi connectivity index (χ1n) is 11.3. The quantitative estimate of drug-likeness (QED) is 0.238. The van der Waals surface area contributed by atoms with Crippen molar-refractivity contribution in [3.63, 3.8) is 0 Å². The van der Waals surface area contributed by atoms with Crippen LogP contribution in [0, 0.1) is 6.92 Å². The van der Waals surface area contributed by atoms with Gasteiger partial charge in [0, 0.05) is 16.5 Å². The van der Waals surface area contributed by atoms with E-state index in [0.717, 1.165) is 12.0 Å². The summed E-state index contributed by atoms with van der Waals surface area (Å²) in [4.78, 5) is 26.2. The Morgan fingerprint density at radius 1 is 1.11 bits per heavy atom. The monoisotopic (exact) mass is 542 g/mol. The number of nitrogens with zero attached hydrogens (tertiary/aromatic N) is 1. The van der Waals surface area contributed by atoms with Crippen LogP contribution in [0.1, 0.15) is 58.2 Å². The Kier molecular flexibility index (Phi) is 7.83. The fourth-order valence-corrected chi connectivity index (χ4v) is 5.42. The predicted molar refractivity (Wildman–Crippen MR) is 144 cm³/mol. The minimum atomic E-state index is -0.552. The van der Waals surface area contributed by atoms with Gasteiger partial charge in [0.1, 0.15) is 27.6 Å². The number of ether oxygens (including phenoxy) is 1. The predicted octanol–water partition coefficient (Wildman–Crippen LogP) is 8.24. The summed E-state index contributed by atoms with van der Waals surface area (Å²) in [6, 6.07) is 13.1. The number of thiophene rings is 1. The van der Waals surface area contributed by atoms with E-state index in [0.29, 0.717) is 32.1 Å². The van der Waals surface area contributed by atoms with Crippen molar-refractivity contribution in [3.05, 3.63) is 80.3 Å². The molecule has 4 rings (SSSR count). The van der Waals surface area contributed by atoms with Crippen LogP contribution in [0.25, 0.3) is 22.4 Å². The second kappa shape index (κ2) is 10.9. The Hall–Kier alpha value is -3.13. The van der Waals surface area contributed by atoms with Crippen LogP contribution >= 0.6 is 34.5 Å². The number of hydrogen-bond donors (Lipinski definition) is 1. The average Bonchev–Trinajstić information content (AvgIpc) is 3.46. The Labute approximate surface area is 223 Å². The fourth-order valence-electron chi connectivity index (χ4n) is 3.89. The molecule has 2 aromatic carbocycles. The summed E-state index contributed by atoms with van der Waals surface area (Å²) in [5.74, 6) is -0.339. The number of amides is 1. The van der Waals surface area contributed by atoms with Gasteiger partial charge in [0.15, 0.2) is 0 Å². The van der Waals surface area contributed by atoms with Crippen molar-refractivity contribution < 1.29 is 18.8 Å². The third-order valence-corrected chi connectivity index (χ3v) is 7.63. The summed E-state index contributed by atoms with van der Waals surface area (Å²) in [5.41, 5.74) is 3.81. The minimum Gasteiger partial charge on any atom is -0.465 e. The molecule has 2 heterocycles. The summed E-state index contributed by atoms with van der Waals surface area (Å²) in [6.07, 6.45) is 1.03. The molecule has 1 amide bonds. The molecule has 0 spiro atoms. The molecule has 1 N–H and O–H groups in total. The summed E-state index contributed by atoms with van der Waals surface area (Å²) >= 11 is 13.9. The number of aryl methyl sites for hydroxylation is 1. The van der Waals surface area contributed by atoms with E-state index in [-0.39, 0.29) is 22.6 Å². The highest BCUT2D eigenvalue weighted by Gasteiger charge is 2.28. The topological polar surface area (TPSA) is 81.4 Å². The van der Waals surface area contributed by atoms with Crippen molar-refractivity contribution in [2.24, 2.45) is 0 Å². The first kappa shape index (κ1) is 25.9. The molecule has 0 saturated heterocycles. The third kappa shape index (κ3) is 4.91. The molecular weight excluding hydrogens is 519 g/mol. The highest BCUT2D eigenvalue weighted by molar-refractivity contribution is 7.15. The number of methoxy groups -OCH3 is 1. The Morgan fingerprint density at radius 3 is 2.39 bits per heavy atom. The molecule has 4 aromatic rings. The van der Waals surface area contributed by atoms with Gasteiger partial charge in [0.05, 0.1) is 17.2 Å². The number of nitrogens with one attached hydrogen (secondary N) is 1. The van der Waals surface area contributed by atoms with E-state index in [4.69, 9.17) is 32.5 Å². The number of halogens is 2. The zero-order valence-electron chi connectivity index (χ0n) is 20.1. The van der Waals surface area contributed by atoms with E-state index < -0.39 is 11.9 Å². The van der Waals surface area contributed by atoms with Crippen LogP contribution < -0.4 is 5.32 Å². The molecular formula is C27H24Cl2N2O4S. The van der Waals surface area contributed by atoms with Gasteiger partial charge in [-0.3, -0.25) is 4.79 Å². The highest BCUT2D eigenvalue weighted by Crippen LogP contribution is 2.39. The molecule has 0 fully saturated rings. The SMILES string of the molecule is CC[C@H](C)c1ccc(-c2csc(NC(=O)c3c(-c4c(Cl)cccc4Cl)noc3C)c2C(=O)OC)cc1. The molecule has 186 valence electrons. The van der Waals surface area contributed by atoms with Crippen LogP contribution in [-0.4, -0.2) is 24.1 Å². The molecule has 0 bridgehead atoms. The fraction of sp³-hybridized carbons (Fsp3) is 0.222. The molecule has 2 aromatic heterocycles. The summed E-state index contributed by atoms with van der Waals surface area (Å²) in [5, 5.41) is 9.72. The van der Waals surface area contributed by atoms with Gasteiger partial charge in [-0.05, 0) is 42.5 Å². The van der Waals surface area contributed by atoms with Gasteiger partial charge < -0.3 is 14.6 Å². The first-order valence-corrected chi connectivity index (χ1v) is 12.9. The lowest BCUT2D eigenvalue weighted by molar-refractivity contribution is 0.0603. The van der Waals surface area contributed by atoms with Crippen LogP contribution in [0.4, 0.5) is 5.00 Å². The number of benzene rings is 2. The standard InChI is InChI=1S/C27H24Cl2N2O4S/c1-5-14(2)16-9-11-17(12-10-16)18-13-36-26(22(18)27(33)34-4)30-25(32)21-15(3)35-31-24(21)23-19(28)7-6-8-20(23)29/h6-14H,5H2,1-4H3,(H,30,32)/t14-/m0/s1. The van der Waals surface area contributed by atoms with Gasteiger partial charge in [-0.2, -0.15) is 0 Å². The minimum absolute atomic E-state index is 0.175. The largest absolute Gasteiger partial charge is 0.465 e. The van der Waals surface area contributed by atoms with Gasteiger partial charge >= 0.3 is 5.97 Å². The maximum atomic E-state index is 13.4. The maximum Gasteiger partial charge on any atom is 0.341 e. The van der Waals surface area contributed by atoms with Gasteiger partial charge in [-0.25, -0.2) is 4.79 Å². The van der Waals surface area contributed by atoms with E-state index in [1.54, 1.807) is 25.1 Å².